The Morgan fingerprint density at radius 2 is 1.89 bits per heavy atom. The maximum Gasteiger partial charge on any atom is 0.203 e. The van der Waals surface area contributed by atoms with E-state index in [1.54, 1.807) is 0 Å². The van der Waals surface area contributed by atoms with Crippen LogP contribution in [-0.4, -0.2) is 16.8 Å². The van der Waals surface area contributed by atoms with Crippen molar-refractivity contribution in [3.05, 3.63) is 34.3 Å². The molecule has 0 aliphatic carbocycles. The number of rotatable bonds is 5. The van der Waals surface area contributed by atoms with E-state index in [2.05, 4.69) is 42.2 Å². The summed E-state index contributed by atoms with van der Waals surface area (Å²) in [4.78, 5) is 0. The largest absolute Gasteiger partial charge is 0.494 e. The zero-order valence-electron chi connectivity index (χ0n) is 10.6. The number of benzene rings is 1. The first-order valence-electron chi connectivity index (χ1n) is 5.92. The highest BCUT2D eigenvalue weighted by atomic mass is 32.1. The number of aromatic nitrogens is 2. The van der Waals surface area contributed by atoms with Crippen LogP contribution in [0, 0.1) is 13.8 Å². The minimum absolute atomic E-state index is 0.528. The summed E-state index contributed by atoms with van der Waals surface area (Å²) in [7, 11) is 0. The maximum atomic E-state index is 5.72. The second-order valence-corrected chi connectivity index (χ2v) is 5.40. The summed E-state index contributed by atoms with van der Waals surface area (Å²) in [6.07, 6.45) is 1.78. The highest BCUT2D eigenvalue weighted by Gasteiger charge is 2.01. The summed E-state index contributed by atoms with van der Waals surface area (Å²) in [5.74, 6) is 0.935. The van der Waals surface area contributed by atoms with Crippen molar-refractivity contribution in [2.24, 2.45) is 0 Å². The fraction of sp³-hybridized carbons (Fsp3) is 0.385. The van der Waals surface area contributed by atoms with Crippen molar-refractivity contribution in [3.63, 3.8) is 0 Å². The highest BCUT2D eigenvalue weighted by molar-refractivity contribution is 7.15. The van der Waals surface area contributed by atoms with Crippen LogP contribution in [-0.2, 0) is 6.42 Å². The topological polar surface area (TPSA) is 61.0 Å². The maximum absolute atomic E-state index is 5.72. The average Bonchev–Trinajstić information content (AvgIpc) is 2.69. The van der Waals surface area contributed by atoms with Gasteiger partial charge in [-0.15, -0.1) is 10.2 Å². The van der Waals surface area contributed by atoms with Gasteiger partial charge in [0, 0.05) is 6.42 Å². The molecule has 2 rings (SSSR count). The SMILES string of the molecule is Cc1cc(C)cc(OCCCc2nnc(N)s2)c1. The molecule has 0 radical (unpaired) electrons. The molecule has 0 fully saturated rings. The first kappa shape index (κ1) is 12.8. The zero-order chi connectivity index (χ0) is 13.0. The van der Waals surface area contributed by atoms with Crippen LogP contribution in [0.2, 0.25) is 0 Å². The Morgan fingerprint density at radius 3 is 2.50 bits per heavy atom. The van der Waals surface area contributed by atoms with E-state index < -0.39 is 0 Å². The molecule has 0 bridgehead atoms. The van der Waals surface area contributed by atoms with Gasteiger partial charge >= 0.3 is 0 Å². The van der Waals surface area contributed by atoms with E-state index in [4.69, 9.17) is 10.5 Å². The Bertz CT molecular complexity index is 504. The fourth-order valence-corrected chi connectivity index (χ4v) is 2.45. The van der Waals surface area contributed by atoms with E-state index in [1.165, 1.54) is 22.5 Å². The molecule has 0 unspecified atom stereocenters. The average molecular weight is 263 g/mol. The molecule has 4 nitrogen and oxygen atoms in total. The van der Waals surface area contributed by atoms with Crippen LogP contribution in [0.25, 0.3) is 0 Å². The second kappa shape index (κ2) is 5.82. The third-order valence-electron chi connectivity index (χ3n) is 2.48. The predicted molar refractivity (Wildman–Crippen MR) is 74.1 cm³/mol. The van der Waals surface area contributed by atoms with Crippen molar-refractivity contribution in [1.82, 2.24) is 10.2 Å². The van der Waals surface area contributed by atoms with Gasteiger partial charge in [0.1, 0.15) is 10.8 Å². The Morgan fingerprint density at radius 1 is 1.17 bits per heavy atom. The zero-order valence-corrected chi connectivity index (χ0v) is 11.5. The molecule has 2 N–H and O–H groups in total. The van der Waals surface area contributed by atoms with Gasteiger partial charge in [-0.3, -0.25) is 0 Å². The molecule has 96 valence electrons. The van der Waals surface area contributed by atoms with Gasteiger partial charge in [0.05, 0.1) is 6.61 Å². The van der Waals surface area contributed by atoms with Gasteiger partial charge in [-0.1, -0.05) is 17.4 Å². The quantitative estimate of drug-likeness (QED) is 0.843. The van der Waals surface area contributed by atoms with Crippen LogP contribution < -0.4 is 10.5 Å². The van der Waals surface area contributed by atoms with Crippen LogP contribution in [0.1, 0.15) is 22.6 Å². The number of anilines is 1. The lowest BCUT2D eigenvalue weighted by Gasteiger charge is -2.07. The lowest BCUT2D eigenvalue weighted by Crippen LogP contribution is -1.99. The Balaban J connectivity index is 1.78. The molecule has 5 heteroatoms. The van der Waals surface area contributed by atoms with E-state index in [-0.39, 0.29) is 0 Å². The number of ether oxygens (including phenoxy) is 1. The number of nitrogen functional groups attached to an aromatic ring is 1. The van der Waals surface area contributed by atoms with Crippen molar-refractivity contribution in [3.8, 4) is 5.75 Å². The molecule has 0 saturated carbocycles. The molecule has 1 aromatic heterocycles. The van der Waals surface area contributed by atoms with E-state index in [9.17, 15) is 0 Å². The predicted octanol–water partition coefficient (Wildman–Crippen LogP) is 2.75. The number of nitrogens with zero attached hydrogens (tertiary/aromatic N) is 2. The smallest absolute Gasteiger partial charge is 0.203 e. The first-order chi connectivity index (χ1) is 8.63. The van der Waals surface area contributed by atoms with Crippen molar-refractivity contribution in [2.75, 3.05) is 12.3 Å². The Hall–Kier alpha value is -1.62. The first-order valence-corrected chi connectivity index (χ1v) is 6.74. The third-order valence-corrected chi connectivity index (χ3v) is 3.29. The fourth-order valence-electron chi connectivity index (χ4n) is 1.80. The van der Waals surface area contributed by atoms with Gasteiger partial charge in [-0.2, -0.15) is 0 Å². The third kappa shape index (κ3) is 3.70. The summed E-state index contributed by atoms with van der Waals surface area (Å²) in [6, 6.07) is 6.24. The summed E-state index contributed by atoms with van der Waals surface area (Å²) >= 11 is 1.44. The molecule has 1 heterocycles. The Labute approximate surface area is 111 Å². The van der Waals surface area contributed by atoms with Crippen molar-refractivity contribution < 1.29 is 4.74 Å². The van der Waals surface area contributed by atoms with Crippen LogP contribution >= 0.6 is 11.3 Å². The van der Waals surface area contributed by atoms with E-state index >= 15 is 0 Å². The van der Waals surface area contributed by atoms with Gasteiger partial charge in [-0.05, 0) is 43.5 Å². The van der Waals surface area contributed by atoms with Crippen LogP contribution in [0.3, 0.4) is 0 Å². The molecule has 0 saturated heterocycles. The molecule has 0 aliphatic rings. The van der Waals surface area contributed by atoms with Crippen molar-refractivity contribution in [2.45, 2.75) is 26.7 Å². The number of aryl methyl sites for hydroxylation is 3. The summed E-state index contributed by atoms with van der Waals surface area (Å²) in [6.45, 7) is 4.83. The molecule has 0 spiro atoms. The standard InChI is InChI=1S/C13H17N3OS/c1-9-6-10(2)8-11(7-9)17-5-3-4-12-15-16-13(14)18-12/h6-8H,3-5H2,1-2H3,(H2,14,16). The molecule has 2 aromatic rings. The van der Waals surface area contributed by atoms with Gasteiger partial charge in [0.2, 0.25) is 5.13 Å². The highest BCUT2D eigenvalue weighted by Crippen LogP contribution is 2.17. The van der Waals surface area contributed by atoms with Crippen molar-refractivity contribution in [1.29, 1.82) is 0 Å². The van der Waals surface area contributed by atoms with Gasteiger partial charge in [0.15, 0.2) is 0 Å². The molecule has 18 heavy (non-hydrogen) atoms. The Kier molecular flexibility index (Phi) is 4.15. The molecule has 1 aromatic carbocycles. The summed E-state index contributed by atoms with van der Waals surface area (Å²) in [5, 5.41) is 9.26. The van der Waals surface area contributed by atoms with E-state index in [0.29, 0.717) is 11.7 Å². The minimum atomic E-state index is 0.528. The second-order valence-electron chi connectivity index (χ2n) is 4.31. The van der Waals surface area contributed by atoms with Crippen molar-refractivity contribution >= 4 is 16.5 Å². The van der Waals surface area contributed by atoms with E-state index in [0.717, 1.165) is 23.6 Å². The molecule has 0 atom stereocenters. The van der Waals surface area contributed by atoms with Gasteiger partial charge in [-0.25, -0.2) is 0 Å². The minimum Gasteiger partial charge on any atom is -0.494 e. The molecule has 0 amide bonds. The summed E-state index contributed by atoms with van der Waals surface area (Å²) in [5.41, 5.74) is 7.97. The van der Waals surface area contributed by atoms with E-state index in [1.807, 2.05) is 0 Å². The lowest BCUT2D eigenvalue weighted by molar-refractivity contribution is 0.310. The number of hydrogen-bond acceptors (Lipinski definition) is 5. The monoisotopic (exact) mass is 263 g/mol. The molecular formula is C13H17N3OS. The van der Waals surface area contributed by atoms with Crippen LogP contribution in [0.15, 0.2) is 18.2 Å². The van der Waals surface area contributed by atoms with Crippen LogP contribution in [0.4, 0.5) is 5.13 Å². The number of nitrogens with two attached hydrogens (primary N) is 1. The summed E-state index contributed by atoms with van der Waals surface area (Å²) < 4.78 is 5.72. The van der Waals surface area contributed by atoms with Crippen LogP contribution in [0.5, 0.6) is 5.75 Å². The molecular weight excluding hydrogens is 246 g/mol. The molecule has 0 aliphatic heterocycles. The number of hydrogen-bond donors (Lipinski definition) is 1. The lowest BCUT2D eigenvalue weighted by atomic mass is 10.1. The van der Waals surface area contributed by atoms with Gasteiger partial charge < -0.3 is 10.5 Å². The normalized spacial score (nSPS) is 10.6. The van der Waals surface area contributed by atoms with Gasteiger partial charge in [0.25, 0.3) is 0 Å².